The lowest BCUT2D eigenvalue weighted by Gasteiger charge is -2.09. The first-order valence-electron chi connectivity index (χ1n) is 9.35. The van der Waals surface area contributed by atoms with Gasteiger partial charge in [-0.05, 0) is 30.2 Å². The summed E-state index contributed by atoms with van der Waals surface area (Å²) in [7, 11) is 0. The van der Waals surface area contributed by atoms with Crippen molar-refractivity contribution in [2.45, 2.75) is 6.54 Å². The summed E-state index contributed by atoms with van der Waals surface area (Å²) in [5.41, 5.74) is 9.96. The molecule has 8 nitrogen and oxygen atoms in total. The Morgan fingerprint density at radius 1 is 1.00 bits per heavy atom. The van der Waals surface area contributed by atoms with Crippen LogP contribution in [-0.2, 0) is 6.54 Å². The first-order valence-corrected chi connectivity index (χ1v) is 9.35. The lowest BCUT2D eigenvalue weighted by Crippen LogP contribution is -2.09. The van der Waals surface area contributed by atoms with Gasteiger partial charge in [0.2, 0.25) is 0 Å². The summed E-state index contributed by atoms with van der Waals surface area (Å²) in [5, 5.41) is 14.2. The van der Waals surface area contributed by atoms with Crippen molar-refractivity contribution in [3.8, 4) is 17.5 Å². The molecule has 0 fully saturated rings. The SMILES string of the molecule is Nc1ncnc2c1c(C#CCO)nn2Cc1nc2ccccc2n1-c1ccccc1. The third-order valence-corrected chi connectivity index (χ3v) is 4.78. The van der Waals surface area contributed by atoms with Crippen LogP contribution >= 0.6 is 0 Å². The second kappa shape index (κ2) is 7.31. The van der Waals surface area contributed by atoms with Gasteiger partial charge in [-0.2, -0.15) is 5.10 Å². The van der Waals surface area contributed by atoms with Crippen molar-refractivity contribution in [1.29, 1.82) is 0 Å². The molecule has 0 aliphatic rings. The van der Waals surface area contributed by atoms with Crippen molar-refractivity contribution >= 4 is 27.9 Å². The zero-order chi connectivity index (χ0) is 20.5. The normalized spacial score (nSPS) is 11.0. The molecule has 3 aromatic heterocycles. The van der Waals surface area contributed by atoms with Crippen LogP contribution in [0.25, 0.3) is 27.8 Å². The Hall–Kier alpha value is -4.22. The number of aliphatic hydroxyl groups excluding tert-OH is 1. The number of nitrogens with two attached hydrogens (primary N) is 1. The minimum absolute atomic E-state index is 0.272. The number of hydrogen-bond acceptors (Lipinski definition) is 6. The Bertz CT molecular complexity index is 1420. The lowest BCUT2D eigenvalue weighted by atomic mass is 10.3. The predicted octanol–water partition coefficient (Wildman–Crippen LogP) is 2.14. The molecule has 0 spiro atoms. The van der Waals surface area contributed by atoms with Gasteiger partial charge in [0.15, 0.2) is 5.65 Å². The summed E-state index contributed by atoms with van der Waals surface area (Å²) in [5.74, 6) is 6.55. The van der Waals surface area contributed by atoms with Gasteiger partial charge in [-0.3, -0.25) is 4.57 Å². The Labute approximate surface area is 171 Å². The smallest absolute Gasteiger partial charge is 0.165 e. The number of imidazole rings is 1. The van der Waals surface area contributed by atoms with Gasteiger partial charge in [-0.25, -0.2) is 19.6 Å². The third kappa shape index (κ3) is 2.94. The summed E-state index contributed by atoms with van der Waals surface area (Å²) in [6.07, 6.45) is 1.40. The van der Waals surface area contributed by atoms with E-state index in [0.29, 0.717) is 29.1 Å². The maximum absolute atomic E-state index is 9.07. The molecule has 0 aliphatic heterocycles. The average Bonchev–Trinajstić information content (AvgIpc) is 3.32. The fourth-order valence-corrected chi connectivity index (χ4v) is 3.53. The van der Waals surface area contributed by atoms with Crippen LogP contribution in [0, 0.1) is 11.8 Å². The van der Waals surface area contributed by atoms with E-state index in [0.717, 1.165) is 22.5 Å². The van der Waals surface area contributed by atoms with Crippen molar-refractivity contribution in [2.24, 2.45) is 0 Å². The van der Waals surface area contributed by atoms with Crippen LogP contribution in [0.15, 0.2) is 60.9 Å². The molecule has 0 bridgehead atoms. The highest BCUT2D eigenvalue weighted by molar-refractivity contribution is 5.90. The van der Waals surface area contributed by atoms with E-state index >= 15 is 0 Å². The van der Waals surface area contributed by atoms with Crippen LogP contribution in [0.5, 0.6) is 0 Å². The van der Waals surface area contributed by atoms with Gasteiger partial charge in [0.05, 0.1) is 16.4 Å². The number of nitrogens with zero attached hydrogens (tertiary/aromatic N) is 6. The molecular weight excluding hydrogens is 378 g/mol. The summed E-state index contributed by atoms with van der Waals surface area (Å²) in [6.45, 7) is 0.0864. The molecule has 2 aromatic carbocycles. The second-order valence-corrected chi connectivity index (χ2v) is 6.61. The highest BCUT2D eigenvalue weighted by Gasteiger charge is 2.18. The number of nitrogen functional groups attached to an aromatic ring is 1. The number of fused-ring (bicyclic) bond motifs is 2. The zero-order valence-electron chi connectivity index (χ0n) is 15.9. The van der Waals surface area contributed by atoms with Gasteiger partial charge in [-0.1, -0.05) is 36.3 Å². The second-order valence-electron chi connectivity index (χ2n) is 6.61. The van der Waals surface area contributed by atoms with Crippen molar-refractivity contribution in [2.75, 3.05) is 12.3 Å². The highest BCUT2D eigenvalue weighted by atomic mass is 16.2. The van der Waals surface area contributed by atoms with Crippen LogP contribution in [0.1, 0.15) is 11.5 Å². The zero-order valence-corrected chi connectivity index (χ0v) is 15.9. The average molecular weight is 395 g/mol. The molecule has 0 amide bonds. The fourth-order valence-electron chi connectivity index (χ4n) is 3.53. The van der Waals surface area contributed by atoms with Crippen LogP contribution in [0.4, 0.5) is 5.82 Å². The first kappa shape index (κ1) is 17.8. The quantitative estimate of drug-likeness (QED) is 0.453. The van der Waals surface area contributed by atoms with Gasteiger partial charge in [0.1, 0.15) is 36.8 Å². The van der Waals surface area contributed by atoms with Gasteiger partial charge in [0.25, 0.3) is 0 Å². The number of para-hydroxylation sites is 3. The Kier molecular flexibility index (Phi) is 4.35. The minimum atomic E-state index is -0.272. The molecule has 0 radical (unpaired) electrons. The summed E-state index contributed by atoms with van der Waals surface area (Å²) < 4.78 is 3.82. The minimum Gasteiger partial charge on any atom is -0.384 e. The van der Waals surface area contributed by atoms with E-state index in [1.165, 1.54) is 6.33 Å². The summed E-state index contributed by atoms with van der Waals surface area (Å²) >= 11 is 0. The molecule has 30 heavy (non-hydrogen) atoms. The van der Waals surface area contributed by atoms with E-state index in [1.54, 1.807) is 4.68 Å². The Morgan fingerprint density at radius 2 is 1.80 bits per heavy atom. The number of anilines is 1. The maximum atomic E-state index is 9.07. The molecule has 5 rings (SSSR count). The van der Waals surface area contributed by atoms with E-state index < -0.39 is 0 Å². The van der Waals surface area contributed by atoms with Gasteiger partial charge >= 0.3 is 0 Å². The Balaban J connectivity index is 1.71. The molecular formula is C22H17N7O. The molecule has 0 unspecified atom stereocenters. The van der Waals surface area contributed by atoms with Gasteiger partial charge in [-0.15, -0.1) is 0 Å². The molecule has 8 heteroatoms. The monoisotopic (exact) mass is 395 g/mol. The van der Waals surface area contributed by atoms with Gasteiger partial charge < -0.3 is 10.8 Å². The van der Waals surface area contributed by atoms with Crippen LogP contribution in [0.3, 0.4) is 0 Å². The topological polar surface area (TPSA) is 108 Å². The first-order chi connectivity index (χ1) is 14.8. The predicted molar refractivity (Wildman–Crippen MR) is 114 cm³/mol. The summed E-state index contributed by atoms with van der Waals surface area (Å²) in [6, 6.07) is 18.0. The number of aromatic nitrogens is 6. The number of aliphatic hydroxyl groups is 1. The highest BCUT2D eigenvalue weighted by Crippen LogP contribution is 2.25. The Morgan fingerprint density at radius 3 is 2.63 bits per heavy atom. The number of rotatable bonds is 3. The molecule has 146 valence electrons. The largest absolute Gasteiger partial charge is 0.384 e. The molecule has 0 aliphatic carbocycles. The van der Waals surface area contributed by atoms with E-state index in [4.69, 9.17) is 15.8 Å². The van der Waals surface area contributed by atoms with E-state index in [1.807, 2.05) is 54.6 Å². The molecule has 3 N–H and O–H groups in total. The van der Waals surface area contributed by atoms with Crippen LogP contribution in [-0.4, -0.2) is 41.0 Å². The molecule has 5 aromatic rings. The van der Waals surface area contributed by atoms with Crippen molar-refractivity contribution in [1.82, 2.24) is 29.3 Å². The lowest BCUT2D eigenvalue weighted by molar-refractivity contribution is 0.350. The molecule has 0 saturated carbocycles. The van der Waals surface area contributed by atoms with Gasteiger partial charge in [0, 0.05) is 5.69 Å². The van der Waals surface area contributed by atoms with Crippen molar-refractivity contribution < 1.29 is 5.11 Å². The number of hydrogen-bond donors (Lipinski definition) is 2. The summed E-state index contributed by atoms with van der Waals surface area (Å²) in [4.78, 5) is 13.3. The molecule has 3 heterocycles. The van der Waals surface area contributed by atoms with E-state index in [2.05, 4.69) is 31.5 Å². The third-order valence-electron chi connectivity index (χ3n) is 4.78. The van der Waals surface area contributed by atoms with E-state index in [9.17, 15) is 0 Å². The standard InChI is InChI=1S/C22H17N7O/c23-21-20-17(10-6-12-30)27-28(22(20)25-14-24-21)13-19-26-16-9-4-5-11-18(16)29(19)15-7-2-1-3-8-15/h1-5,7-9,11,14,30H,12-13H2,(H2,23,24,25). The molecule has 0 atom stereocenters. The molecule has 0 saturated heterocycles. The number of benzene rings is 2. The maximum Gasteiger partial charge on any atom is 0.165 e. The van der Waals surface area contributed by atoms with E-state index in [-0.39, 0.29) is 6.61 Å². The fraction of sp³-hybridized carbons (Fsp3) is 0.0909. The van der Waals surface area contributed by atoms with Crippen molar-refractivity contribution in [3.63, 3.8) is 0 Å². The van der Waals surface area contributed by atoms with Crippen molar-refractivity contribution in [3.05, 3.63) is 72.4 Å². The van der Waals surface area contributed by atoms with Crippen LogP contribution < -0.4 is 5.73 Å². The van der Waals surface area contributed by atoms with Crippen LogP contribution in [0.2, 0.25) is 0 Å².